The van der Waals surface area contributed by atoms with E-state index in [2.05, 4.69) is 10.5 Å². The van der Waals surface area contributed by atoms with Crippen LogP contribution in [-0.4, -0.2) is 35.6 Å². The fourth-order valence-electron chi connectivity index (χ4n) is 1.54. The number of hydrogen-bond acceptors (Lipinski definition) is 4. The maximum atomic E-state index is 9.79. The first-order valence-electron chi connectivity index (χ1n) is 6.74. The standard InChI is InChI=1S/C15H22Cl2N2O2.ClH/c1-10(13-6-5-11(16)7-14(13)17)19-21-9-12(20)8-18-15(2,3)4;/h5-7,12,18,20H,8-9H2,1-4H3;1H/b19-10+;. The van der Waals surface area contributed by atoms with Crippen LogP contribution in [0.15, 0.2) is 23.4 Å². The highest BCUT2D eigenvalue weighted by atomic mass is 35.5. The molecule has 0 aliphatic rings. The van der Waals surface area contributed by atoms with Gasteiger partial charge in [-0.15, -0.1) is 12.4 Å². The van der Waals surface area contributed by atoms with Crippen LogP contribution >= 0.6 is 35.6 Å². The molecule has 1 atom stereocenters. The number of rotatable bonds is 6. The molecule has 0 saturated carbocycles. The van der Waals surface area contributed by atoms with E-state index in [4.69, 9.17) is 28.0 Å². The summed E-state index contributed by atoms with van der Waals surface area (Å²) < 4.78 is 0. The topological polar surface area (TPSA) is 53.9 Å². The van der Waals surface area contributed by atoms with Gasteiger partial charge in [0.25, 0.3) is 0 Å². The van der Waals surface area contributed by atoms with Crippen LogP contribution in [-0.2, 0) is 4.84 Å². The fourth-order valence-corrected chi connectivity index (χ4v) is 2.08. The molecular formula is C15H23Cl3N2O2. The monoisotopic (exact) mass is 368 g/mol. The highest BCUT2D eigenvalue weighted by Gasteiger charge is 2.12. The molecule has 4 nitrogen and oxygen atoms in total. The molecule has 1 aromatic rings. The molecule has 1 aromatic carbocycles. The van der Waals surface area contributed by atoms with Gasteiger partial charge in [0, 0.05) is 22.7 Å². The molecule has 126 valence electrons. The minimum atomic E-state index is -0.624. The minimum Gasteiger partial charge on any atom is -0.393 e. The number of nitrogens with one attached hydrogen (secondary N) is 1. The molecular weight excluding hydrogens is 347 g/mol. The van der Waals surface area contributed by atoms with Gasteiger partial charge in [-0.2, -0.15) is 0 Å². The number of β-amino-alcohol motifs (C(OH)–C–C–N with tert-alkyl or cyclic N) is 1. The van der Waals surface area contributed by atoms with Crippen molar-refractivity contribution in [3.05, 3.63) is 33.8 Å². The lowest BCUT2D eigenvalue weighted by molar-refractivity contribution is 0.0373. The van der Waals surface area contributed by atoms with E-state index in [-0.39, 0.29) is 24.6 Å². The van der Waals surface area contributed by atoms with Crippen LogP contribution in [0.25, 0.3) is 0 Å². The van der Waals surface area contributed by atoms with Gasteiger partial charge in [0.05, 0.1) is 10.7 Å². The third-order valence-electron chi connectivity index (χ3n) is 2.66. The van der Waals surface area contributed by atoms with Crippen molar-refractivity contribution < 1.29 is 9.94 Å². The predicted molar refractivity (Wildman–Crippen MR) is 95.6 cm³/mol. The Bertz CT molecular complexity index is 502. The van der Waals surface area contributed by atoms with Crippen LogP contribution in [0.4, 0.5) is 0 Å². The normalized spacial score (nSPS) is 13.5. The fraction of sp³-hybridized carbons (Fsp3) is 0.533. The van der Waals surface area contributed by atoms with Crippen molar-refractivity contribution in [2.45, 2.75) is 39.3 Å². The smallest absolute Gasteiger partial charge is 0.144 e. The molecule has 0 radical (unpaired) electrons. The van der Waals surface area contributed by atoms with Gasteiger partial charge in [0.1, 0.15) is 12.7 Å². The summed E-state index contributed by atoms with van der Waals surface area (Å²) in [5.41, 5.74) is 1.34. The second-order valence-corrected chi connectivity index (χ2v) is 6.72. The highest BCUT2D eigenvalue weighted by Crippen LogP contribution is 2.21. The molecule has 0 saturated heterocycles. The van der Waals surface area contributed by atoms with Gasteiger partial charge >= 0.3 is 0 Å². The van der Waals surface area contributed by atoms with Gasteiger partial charge in [-0.1, -0.05) is 34.4 Å². The van der Waals surface area contributed by atoms with Crippen LogP contribution in [0.1, 0.15) is 33.3 Å². The molecule has 0 spiro atoms. The summed E-state index contributed by atoms with van der Waals surface area (Å²) in [6.07, 6.45) is -0.624. The van der Waals surface area contributed by atoms with Gasteiger partial charge in [-0.3, -0.25) is 0 Å². The Morgan fingerprint density at radius 2 is 2.00 bits per heavy atom. The Kier molecular flexibility index (Phi) is 9.35. The third kappa shape index (κ3) is 8.20. The minimum absolute atomic E-state index is 0. The first-order chi connectivity index (χ1) is 9.69. The van der Waals surface area contributed by atoms with E-state index in [1.807, 2.05) is 20.8 Å². The van der Waals surface area contributed by atoms with E-state index in [9.17, 15) is 5.11 Å². The summed E-state index contributed by atoms with van der Waals surface area (Å²) in [7, 11) is 0. The largest absolute Gasteiger partial charge is 0.393 e. The average molecular weight is 370 g/mol. The third-order valence-corrected chi connectivity index (χ3v) is 3.21. The molecule has 1 unspecified atom stereocenters. The summed E-state index contributed by atoms with van der Waals surface area (Å²) >= 11 is 11.9. The maximum absolute atomic E-state index is 9.79. The molecule has 22 heavy (non-hydrogen) atoms. The summed E-state index contributed by atoms with van der Waals surface area (Å²) in [6.45, 7) is 8.45. The second-order valence-electron chi connectivity index (χ2n) is 5.88. The van der Waals surface area contributed by atoms with Gasteiger partial charge < -0.3 is 15.3 Å². The lowest BCUT2D eigenvalue weighted by Gasteiger charge is -2.22. The number of aliphatic hydroxyl groups is 1. The molecule has 0 amide bonds. The quantitative estimate of drug-likeness (QED) is 0.590. The van der Waals surface area contributed by atoms with Crippen molar-refractivity contribution in [2.24, 2.45) is 5.16 Å². The average Bonchev–Trinajstić information content (AvgIpc) is 2.35. The van der Waals surface area contributed by atoms with E-state index in [0.717, 1.165) is 5.56 Å². The first-order valence-corrected chi connectivity index (χ1v) is 7.50. The van der Waals surface area contributed by atoms with Gasteiger partial charge in [0.15, 0.2) is 0 Å². The molecule has 2 N–H and O–H groups in total. The van der Waals surface area contributed by atoms with Crippen LogP contribution in [0.3, 0.4) is 0 Å². The predicted octanol–water partition coefficient (Wildman–Crippen LogP) is 3.90. The summed E-state index contributed by atoms with van der Waals surface area (Å²) in [5, 5.41) is 18.0. The zero-order chi connectivity index (χ0) is 16.0. The Hall–Kier alpha value is -0.520. The van der Waals surface area contributed by atoms with E-state index in [1.165, 1.54) is 0 Å². The molecule has 0 aromatic heterocycles. The Morgan fingerprint density at radius 3 is 2.55 bits per heavy atom. The summed E-state index contributed by atoms with van der Waals surface area (Å²) in [5.74, 6) is 0. The summed E-state index contributed by atoms with van der Waals surface area (Å²) in [4.78, 5) is 5.17. The molecule has 0 fully saturated rings. The second kappa shape index (κ2) is 9.58. The van der Waals surface area contributed by atoms with Crippen LogP contribution in [0.5, 0.6) is 0 Å². The van der Waals surface area contributed by atoms with Crippen LogP contribution in [0.2, 0.25) is 10.0 Å². The molecule has 0 heterocycles. The Balaban J connectivity index is 0.00000441. The van der Waals surface area contributed by atoms with Crippen molar-refractivity contribution in [3.63, 3.8) is 0 Å². The van der Waals surface area contributed by atoms with Crippen molar-refractivity contribution >= 4 is 41.3 Å². The molecule has 0 bridgehead atoms. The number of oxime groups is 1. The van der Waals surface area contributed by atoms with Crippen molar-refractivity contribution in [1.29, 1.82) is 0 Å². The van der Waals surface area contributed by atoms with Crippen LogP contribution < -0.4 is 5.32 Å². The van der Waals surface area contributed by atoms with E-state index >= 15 is 0 Å². The number of halogens is 3. The Morgan fingerprint density at radius 1 is 1.36 bits per heavy atom. The molecule has 1 rings (SSSR count). The zero-order valence-electron chi connectivity index (χ0n) is 13.2. The number of hydrogen-bond donors (Lipinski definition) is 2. The highest BCUT2D eigenvalue weighted by molar-refractivity contribution is 6.36. The lowest BCUT2D eigenvalue weighted by atomic mass is 10.1. The van der Waals surface area contributed by atoms with Crippen molar-refractivity contribution in [3.8, 4) is 0 Å². The van der Waals surface area contributed by atoms with E-state index in [0.29, 0.717) is 22.3 Å². The maximum Gasteiger partial charge on any atom is 0.144 e. The van der Waals surface area contributed by atoms with Crippen molar-refractivity contribution in [1.82, 2.24) is 5.32 Å². The van der Waals surface area contributed by atoms with Gasteiger partial charge in [-0.05, 0) is 39.8 Å². The van der Waals surface area contributed by atoms with Crippen LogP contribution in [0, 0.1) is 0 Å². The number of aliphatic hydroxyl groups excluding tert-OH is 1. The van der Waals surface area contributed by atoms with E-state index < -0.39 is 6.10 Å². The SMILES string of the molecule is C/C(=N\OCC(O)CNC(C)(C)C)c1ccc(Cl)cc1Cl.Cl. The first kappa shape index (κ1) is 21.5. The molecule has 0 aliphatic heterocycles. The van der Waals surface area contributed by atoms with E-state index in [1.54, 1.807) is 25.1 Å². The van der Waals surface area contributed by atoms with Gasteiger partial charge in [-0.25, -0.2) is 0 Å². The number of benzene rings is 1. The molecule has 0 aliphatic carbocycles. The van der Waals surface area contributed by atoms with Gasteiger partial charge in [0.2, 0.25) is 0 Å². The Labute approximate surface area is 148 Å². The molecule has 7 heteroatoms. The van der Waals surface area contributed by atoms with Crippen molar-refractivity contribution in [2.75, 3.05) is 13.2 Å². The lowest BCUT2D eigenvalue weighted by Crippen LogP contribution is -2.42. The summed E-state index contributed by atoms with van der Waals surface area (Å²) in [6, 6.07) is 5.17. The zero-order valence-corrected chi connectivity index (χ0v) is 15.5. The number of nitrogens with zero attached hydrogens (tertiary/aromatic N) is 1.